The Kier molecular flexibility index (Phi) is 4.85. The smallest absolute Gasteiger partial charge is 0.322 e. The number of amides is 4. The van der Waals surface area contributed by atoms with Gasteiger partial charge in [-0.2, -0.15) is 0 Å². The van der Waals surface area contributed by atoms with E-state index >= 15 is 0 Å². The van der Waals surface area contributed by atoms with Gasteiger partial charge in [0.05, 0.1) is 0 Å². The number of ether oxygens (including phenoxy) is 1. The van der Waals surface area contributed by atoms with Crippen LogP contribution >= 0.6 is 0 Å². The molecule has 1 atom stereocenters. The van der Waals surface area contributed by atoms with E-state index in [9.17, 15) is 14.4 Å². The van der Waals surface area contributed by atoms with E-state index in [4.69, 9.17) is 4.74 Å². The van der Waals surface area contributed by atoms with E-state index in [0.29, 0.717) is 17.0 Å². The molecule has 1 saturated heterocycles. The van der Waals surface area contributed by atoms with E-state index in [-0.39, 0.29) is 12.5 Å². The summed E-state index contributed by atoms with van der Waals surface area (Å²) in [5, 5.41) is 7.55. The summed E-state index contributed by atoms with van der Waals surface area (Å²) in [6.45, 7) is 5.40. The van der Waals surface area contributed by atoms with Gasteiger partial charge in [-0.3, -0.25) is 14.9 Å². The SMILES string of the molecule is Cc1cc(C)cc(OCC(=O)Nc2cccc([C@]3(C)NC(=O)NC3=O)c2)c1. The number of rotatable bonds is 5. The molecule has 0 radical (unpaired) electrons. The number of nitrogens with one attached hydrogen (secondary N) is 3. The first kappa shape index (κ1) is 18.4. The lowest BCUT2D eigenvalue weighted by Crippen LogP contribution is -2.40. The molecule has 0 aliphatic carbocycles. The fraction of sp³-hybridized carbons (Fsp3) is 0.250. The average Bonchev–Trinajstić information content (AvgIpc) is 2.86. The second kappa shape index (κ2) is 7.11. The van der Waals surface area contributed by atoms with Crippen molar-refractivity contribution in [3.05, 3.63) is 59.2 Å². The minimum Gasteiger partial charge on any atom is -0.484 e. The number of carbonyl (C=O) groups is 3. The number of urea groups is 1. The van der Waals surface area contributed by atoms with Gasteiger partial charge in [-0.05, 0) is 61.7 Å². The zero-order valence-electron chi connectivity index (χ0n) is 15.4. The Bertz CT molecular complexity index is 905. The molecule has 1 fully saturated rings. The first-order valence-electron chi connectivity index (χ1n) is 8.51. The predicted octanol–water partition coefficient (Wildman–Crippen LogP) is 2.38. The summed E-state index contributed by atoms with van der Waals surface area (Å²) in [7, 11) is 0. The number of carbonyl (C=O) groups excluding carboxylic acids is 3. The van der Waals surface area contributed by atoms with Crippen molar-refractivity contribution in [3.63, 3.8) is 0 Å². The fourth-order valence-corrected chi connectivity index (χ4v) is 3.02. The number of aryl methyl sites for hydroxylation is 2. The highest BCUT2D eigenvalue weighted by molar-refractivity contribution is 6.07. The van der Waals surface area contributed by atoms with Gasteiger partial charge in [0.25, 0.3) is 11.8 Å². The summed E-state index contributed by atoms with van der Waals surface area (Å²) in [5.74, 6) is -0.125. The molecule has 7 nitrogen and oxygen atoms in total. The Hall–Kier alpha value is -3.35. The summed E-state index contributed by atoms with van der Waals surface area (Å²) >= 11 is 0. The summed E-state index contributed by atoms with van der Waals surface area (Å²) in [6, 6.07) is 12.0. The van der Waals surface area contributed by atoms with Crippen LogP contribution in [0.1, 0.15) is 23.6 Å². The highest BCUT2D eigenvalue weighted by atomic mass is 16.5. The van der Waals surface area contributed by atoms with Gasteiger partial charge in [0.2, 0.25) is 0 Å². The van der Waals surface area contributed by atoms with Crippen molar-refractivity contribution in [1.82, 2.24) is 10.6 Å². The van der Waals surface area contributed by atoms with E-state index in [1.165, 1.54) is 0 Å². The second-order valence-electron chi connectivity index (χ2n) is 6.77. The van der Waals surface area contributed by atoms with Gasteiger partial charge in [0.1, 0.15) is 11.3 Å². The molecular weight excluding hydrogens is 346 g/mol. The van der Waals surface area contributed by atoms with Crippen LogP contribution in [0.3, 0.4) is 0 Å². The lowest BCUT2D eigenvalue weighted by Gasteiger charge is -2.21. The van der Waals surface area contributed by atoms with Gasteiger partial charge in [0.15, 0.2) is 6.61 Å². The second-order valence-corrected chi connectivity index (χ2v) is 6.77. The molecule has 4 amide bonds. The van der Waals surface area contributed by atoms with Crippen LogP contribution < -0.4 is 20.7 Å². The average molecular weight is 367 g/mol. The molecule has 0 unspecified atom stereocenters. The normalized spacial score (nSPS) is 18.6. The number of hydrogen-bond acceptors (Lipinski definition) is 4. The molecule has 7 heteroatoms. The van der Waals surface area contributed by atoms with Crippen molar-refractivity contribution in [3.8, 4) is 5.75 Å². The quantitative estimate of drug-likeness (QED) is 0.707. The minimum absolute atomic E-state index is 0.137. The maximum absolute atomic E-state index is 12.2. The van der Waals surface area contributed by atoms with E-state index in [2.05, 4.69) is 16.0 Å². The Labute approximate surface area is 157 Å². The van der Waals surface area contributed by atoms with Gasteiger partial charge in [-0.25, -0.2) is 4.79 Å². The molecule has 1 aliphatic heterocycles. The third kappa shape index (κ3) is 4.08. The Morgan fingerprint density at radius 1 is 1.11 bits per heavy atom. The van der Waals surface area contributed by atoms with Crippen LogP contribution in [0, 0.1) is 13.8 Å². The molecule has 27 heavy (non-hydrogen) atoms. The molecule has 2 aromatic carbocycles. The zero-order valence-corrected chi connectivity index (χ0v) is 15.4. The van der Waals surface area contributed by atoms with Crippen LogP contribution in [0.15, 0.2) is 42.5 Å². The van der Waals surface area contributed by atoms with Crippen molar-refractivity contribution in [1.29, 1.82) is 0 Å². The van der Waals surface area contributed by atoms with Crippen molar-refractivity contribution in [2.45, 2.75) is 26.3 Å². The number of imide groups is 1. The van der Waals surface area contributed by atoms with Crippen molar-refractivity contribution in [2.24, 2.45) is 0 Å². The third-order valence-corrected chi connectivity index (χ3v) is 4.33. The van der Waals surface area contributed by atoms with Gasteiger partial charge in [-0.15, -0.1) is 0 Å². The molecule has 2 aromatic rings. The van der Waals surface area contributed by atoms with Crippen LogP contribution in [0.25, 0.3) is 0 Å². The lowest BCUT2D eigenvalue weighted by molar-refractivity contribution is -0.123. The standard InChI is InChI=1S/C20H21N3O4/c1-12-7-13(2)9-16(8-12)27-11-17(24)21-15-6-4-5-14(10-15)20(3)18(25)22-19(26)23-20/h4-10H,11H2,1-3H3,(H,21,24)(H2,22,23,25,26)/t20-/m0/s1. The van der Waals surface area contributed by atoms with Gasteiger partial charge < -0.3 is 15.4 Å². The maximum Gasteiger partial charge on any atom is 0.322 e. The van der Waals surface area contributed by atoms with Crippen molar-refractivity contribution in [2.75, 3.05) is 11.9 Å². The maximum atomic E-state index is 12.2. The molecule has 0 aromatic heterocycles. The van der Waals surface area contributed by atoms with Crippen LogP contribution in [-0.4, -0.2) is 24.5 Å². The van der Waals surface area contributed by atoms with E-state index in [1.807, 2.05) is 32.0 Å². The summed E-state index contributed by atoms with van der Waals surface area (Å²) in [6.07, 6.45) is 0. The highest BCUT2D eigenvalue weighted by Crippen LogP contribution is 2.26. The molecule has 1 heterocycles. The van der Waals surface area contributed by atoms with Gasteiger partial charge in [0, 0.05) is 5.69 Å². The van der Waals surface area contributed by atoms with Gasteiger partial charge >= 0.3 is 6.03 Å². The molecule has 0 bridgehead atoms. The highest BCUT2D eigenvalue weighted by Gasteiger charge is 2.43. The van der Waals surface area contributed by atoms with Crippen LogP contribution in [0.2, 0.25) is 0 Å². The van der Waals surface area contributed by atoms with E-state index in [1.54, 1.807) is 31.2 Å². The summed E-state index contributed by atoms with van der Waals surface area (Å²) < 4.78 is 5.55. The Morgan fingerprint density at radius 3 is 2.44 bits per heavy atom. The molecule has 0 spiro atoms. The van der Waals surface area contributed by atoms with E-state index in [0.717, 1.165) is 11.1 Å². The number of anilines is 1. The lowest BCUT2D eigenvalue weighted by atomic mass is 9.92. The van der Waals surface area contributed by atoms with Gasteiger partial charge in [-0.1, -0.05) is 18.2 Å². The largest absolute Gasteiger partial charge is 0.484 e. The monoisotopic (exact) mass is 367 g/mol. The van der Waals surface area contributed by atoms with Crippen LogP contribution in [-0.2, 0) is 15.1 Å². The Balaban J connectivity index is 1.66. The number of benzene rings is 2. The first-order chi connectivity index (χ1) is 12.8. The summed E-state index contributed by atoms with van der Waals surface area (Å²) in [4.78, 5) is 35.7. The summed E-state index contributed by atoms with van der Waals surface area (Å²) in [5.41, 5.74) is 2.02. The molecule has 3 rings (SSSR count). The first-order valence-corrected chi connectivity index (χ1v) is 8.51. The van der Waals surface area contributed by atoms with Crippen LogP contribution in [0.5, 0.6) is 5.75 Å². The minimum atomic E-state index is -1.17. The Morgan fingerprint density at radius 2 is 1.81 bits per heavy atom. The molecule has 140 valence electrons. The zero-order chi connectivity index (χ0) is 19.6. The fourth-order valence-electron chi connectivity index (χ4n) is 3.02. The third-order valence-electron chi connectivity index (χ3n) is 4.33. The molecule has 0 saturated carbocycles. The van der Waals surface area contributed by atoms with Crippen molar-refractivity contribution >= 4 is 23.5 Å². The molecule has 3 N–H and O–H groups in total. The van der Waals surface area contributed by atoms with Crippen molar-refractivity contribution < 1.29 is 19.1 Å². The van der Waals surface area contributed by atoms with Crippen LogP contribution in [0.4, 0.5) is 10.5 Å². The topological polar surface area (TPSA) is 96.5 Å². The molecule has 1 aliphatic rings. The molecular formula is C20H21N3O4. The number of hydrogen-bond donors (Lipinski definition) is 3. The predicted molar refractivity (Wildman–Crippen MR) is 101 cm³/mol. The van der Waals surface area contributed by atoms with E-state index < -0.39 is 17.5 Å².